The van der Waals surface area contributed by atoms with E-state index >= 15 is 0 Å². The molecule has 0 amide bonds. The molecule has 0 bridgehead atoms. The minimum Gasteiger partial charge on any atom is -0.341 e. The van der Waals surface area contributed by atoms with Crippen molar-refractivity contribution in [3.05, 3.63) is 68.5 Å². The van der Waals surface area contributed by atoms with E-state index in [9.17, 15) is 0 Å². The highest BCUT2D eigenvalue weighted by Crippen LogP contribution is 2.48. The summed E-state index contributed by atoms with van der Waals surface area (Å²) in [4.78, 5) is 8.79. The Kier molecular flexibility index (Phi) is 6.19. The molecule has 3 aromatic rings. The van der Waals surface area contributed by atoms with Crippen molar-refractivity contribution in [3.8, 4) is 11.3 Å². The molecule has 2 nitrogen and oxygen atoms in total. The van der Waals surface area contributed by atoms with Crippen LogP contribution in [0.15, 0.2) is 42.5 Å². The van der Waals surface area contributed by atoms with Gasteiger partial charge in [-0.05, 0) is 62.8 Å². The molecule has 1 saturated carbocycles. The number of anilines is 1. The standard InChI is InChI=1S/C24H26Cl2N2S/c1-4-13-28(23(18-9-10-18)17-7-5-15(2)6-8-17)24-27-22(16(3)29-24)20-12-11-19(25)14-21(20)26/h5-8,11-12,14,18,23H,4,9-10,13H2,1-3H3. The van der Waals surface area contributed by atoms with Crippen LogP contribution in [0.1, 0.15) is 48.2 Å². The molecular formula is C24H26Cl2N2S. The third kappa shape index (κ3) is 4.47. The van der Waals surface area contributed by atoms with Crippen molar-refractivity contribution >= 4 is 39.7 Å². The molecule has 1 aromatic heterocycles. The number of aromatic nitrogens is 1. The Labute approximate surface area is 187 Å². The Hall–Kier alpha value is -1.55. The van der Waals surface area contributed by atoms with Gasteiger partial charge in [0, 0.05) is 22.0 Å². The lowest BCUT2D eigenvalue weighted by Crippen LogP contribution is -2.31. The van der Waals surface area contributed by atoms with Crippen molar-refractivity contribution in [3.63, 3.8) is 0 Å². The summed E-state index contributed by atoms with van der Waals surface area (Å²) >= 11 is 14.3. The first-order valence-electron chi connectivity index (χ1n) is 10.2. The van der Waals surface area contributed by atoms with E-state index in [4.69, 9.17) is 28.2 Å². The van der Waals surface area contributed by atoms with Gasteiger partial charge in [-0.15, -0.1) is 11.3 Å². The van der Waals surface area contributed by atoms with E-state index in [1.54, 1.807) is 17.4 Å². The largest absolute Gasteiger partial charge is 0.341 e. The Morgan fingerprint density at radius 3 is 2.45 bits per heavy atom. The normalized spacial score (nSPS) is 14.8. The highest BCUT2D eigenvalue weighted by molar-refractivity contribution is 7.16. The quantitative estimate of drug-likeness (QED) is 0.365. The number of benzene rings is 2. The molecule has 0 spiro atoms. The molecule has 0 N–H and O–H groups in total. The van der Waals surface area contributed by atoms with Crippen LogP contribution >= 0.6 is 34.5 Å². The molecule has 1 unspecified atom stereocenters. The number of hydrogen-bond acceptors (Lipinski definition) is 3. The molecule has 1 aliphatic carbocycles. The van der Waals surface area contributed by atoms with E-state index in [1.165, 1.54) is 28.8 Å². The zero-order valence-electron chi connectivity index (χ0n) is 17.1. The van der Waals surface area contributed by atoms with Crippen molar-refractivity contribution in [2.45, 2.75) is 46.1 Å². The summed E-state index contributed by atoms with van der Waals surface area (Å²) in [5.41, 5.74) is 4.61. The molecule has 5 heteroatoms. The van der Waals surface area contributed by atoms with Gasteiger partial charge < -0.3 is 4.90 Å². The van der Waals surface area contributed by atoms with Crippen LogP contribution in [0.5, 0.6) is 0 Å². The van der Waals surface area contributed by atoms with Crippen molar-refractivity contribution in [1.82, 2.24) is 4.98 Å². The first kappa shape index (κ1) is 20.7. The van der Waals surface area contributed by atoms with E-state index in [1.807, 2.05) is 12.1 Å². The summed E-state index contributed by atoms with van der Waals surface area (Å²) < 4.78 is 0. The maximum absolute atomic E-state index is 6.49. The predicted molar refractivity (Wildman–Crippen MR) is 127 cm³/mol. The van der Waals surface area contributed by atoms with Gasteiger partial charge in [0.2, 0.25) is 0 Å². The van der Waals surface area contributed by atoms with Gasteiger partial charge in [-0.1, -0.05) is 60.0 Å². The minimum absolute atomic E-state index is 0.384. The summed E-state index contributed by atoms with van der Waals surface area (Å²) in [5, 5.41) is 2.38. The molecule has 1 heterocycles. The molecule has 1 atom stereocenters. The second-order valence-electron chi connectivity index (χ2n) is 7.91. The maximum Gasteiger partial charge on any atom is 0.186 e. The number of thiazole rings is 1. The Balaban J connectivity index is 1.74. The zero-order chi connectivity index (χ0) is 20.5. The lowest BCUT2D eigenvalue weighted by Gasteiger charge is -2.32. The van der Waals surface area contributed by atoms with Crippen molar-refractivity contribution in [2.24, 2.45) is 5.92 Å². The summed E-state index contributed by atoms with van der Waals surface area (Å²) in [6.45, 7) is 7.51. The second-order valence-corrected chi connectivity index (χ2v) is 9.94. The van der Waals surface area contributed by atoms with Gasteiger partial charge in [0.15, 0.2) is 5.13 Å². The summed E-state index contributed by atoms with van der Waals surface area (Å²) in [6.07, 6.45) is 3.67. The molecule has 0 saturated heterocycles. The molecule has 4 rings (SSSR count). The third-order valence-electron chi connectivity index (χ3n) is 5.50. The Morgan fingerprint density at radius 2 is 1.83 bits per heavy atom. The SMILES string of the molecule is CCCN(c1nc(-c2ccc(Cl)cc2Cl)c(C)s1)C(c1ccc(C)cc1)C1CC1. The number of hydrogen-bond donors (Lipinski definition) is 0. The zero-order valence-corrected chi connectivity index (χ0v) is 19.4. The lowest BCUT2D eigenvalue weighted by molar-refractivity contribution is 0.551. The van der Waals surface area contributed by atoms with Crippen molar-refractivity contribution in [1.29, 1.82) is 0 Å². The van der Waals surface area contributed by atoms with Gasteiger partial charge in [-0.25, -0.2) is 4.98 Å². The van der Waals surface area contributed by atoms with Crippen LogP contribution in [0.25, 0.3) is 11.3 Å². The van der Waals surface area contributed by atoms with Crippen LogP contribution < -0.4 is 4.90 Å². The number of aryl methyl sites for hydroxylation is 2. The smallest absolute Gasteiger partial charge is 0.186 e. The van der Waals surface area contributed by atoms with E-state index in [0.717, 1.165) is 29.4 Å². The molecule has 1 fully saturated rings. The fraction of sp³-hybridized carbons (Fsp3) is 0.375. The number of rotatable bonds is 7. The Morgan fingerprint density at radius 1 is 1.10 bits per heavy atom. The van der Waals surface area contributed by atoms with E-state index in [-0.39, 0.29) is 0 Å². The summed E-state index contributed by atoms with van der Waals surface area (Å²) in [7, 11) is 0. The molecule has 2 aromatic carbocycles. The van der Waals surface area contributed by atoms with Gasteiger partial charge in [-0.2, -0.15) is 0 Å². The highest BCUT2D eigenvalue weighted by Gasteiger charge is 2.37. The Bertz CT molecular complexity index is 993. The van der Waals surface area contributed by atoms with Crippen LogP contribution in [-0.2, 0) is 0 Å². The fourth-order valence-corrected chi connectivity index (χ4v) is 5.40. The molecule has 1 aliphatic rings. The van der Waals surface area contributed by atoms with E-state index < -0.39 is 0 Å². The van der Waals surface area contributed by atoms with Gasteiger partial charge in [0.1, 0.15) is 0 Å². The van der Waals surface area contributed by atoms with Gasteiger partial charge in [-0.3, -0.25) is 0 Å². The van der Waals surface area contributed by atoms with Gasteiger partial charge in [0.25, 0.3) is 0 Å². The number of nitrogens with zero attached hydrogens (tertiary/aromatic N) is 2. The monoisotopic (exact) mass is 444 g/mol. The molecular weight excluding hydrogens is 419 g/mol. The maximum atomic E-state index is 6.49. The average Bonchev–Trinajstić information content (AvgIpc) is 3.45. The average molecular weight is 445 g/mol. The van der Waals surface area contributed by atoms with Crippen LogP contribution in [-0.4, -0.2) is 11.5 Å². The summed E-state index contributed by atoms with van der Waals surface area (Å²) in [5.74, 6) is 0.705. The van der Waals surface area contributed by atoms with Crippen LogP contribution in [0.3, 0.4) is 0 Å². The van der Waals surface area contributed by atoms with Crippen molar-refractivity contribution in [2.75, 3.05) is 11.4 Å². The summed E-state index contributed by atoms with van der Waals surface area (Å²) in [6, 6.07) is 15.1. The van der Waals surface area contributed by atoms with Gasteiger partial charge >= 0.3 is 0 Å². The first-order valence-corrected chi connectivity index (χ1v) is 11.8. The lowest BCUT2D eigenvalue weighted by atomic mass is 9.99. The third-order valence-corrected chi connectivity index (χ3v) is 7.06. The highest BCUT2D eigenvalue weighted by atomic mass is 35.5. The van der Waals surface area contributed by atoms with Crippen LogP contribution in [0, 0.1) is 19.8 Å². The molecule has 0 radical (unpaired) electrons. The fourth-order valence-electron chi connectivity index (χ4n) is 3.91. The molecule has 0 aliphatic heterocycles. The first-order chi connectivity index (χ1) is 14.0. The predicted octanol–water partition coefficient (Wildman–Crippen LogP) is 8.10. The molecule has 29 heavy (non-hydrogen) atoms. The van der Waals surface area contributed by atoms with E-state index in [2.05, 4.69) is 49.9 Å². The number of halogens is 2. The second kappa shape index (κ2) is 8.67. The minimum atomic E-state index is 0.384. The molecule has 152 valence electrons. The van der Waals surface area contributed by atoms with E-state index in [0.29, 0.717) is 22.0 Å². The van der Waals surface area contributed by atoms with Crippen LogP contribution in [0.4, 0.5) is 5.13 Å². The topological polar surface area (TPSA) is 16.1 Å². The van der Waals surface area contributed by atoms with Crippen molar-refractivity contribution < 1.29 is 0 Å². The van der Waals surface area contributed by atoms with Crippen LogP contribution in [0.2, 0.25) is 10.0 Å². The van der Waals surface area contributed by atoms with Gasteiger partial charge in [0.05, 0.1) is 16.8 Å².